The summed E-state index contributed by atoms with van der Waals surface area (Å²) >= 11 is 0. The maximum atomic E-state index is 12.3. The fourth-order valence-electron chi connectivity index (χ4n) is 4.18. The molecule has 1 N–H and O–H groups in total. The van der Waals surface area contributed by atoms with Gasteiger partial charge < -0.3 is 19.9 Å². The lowest BCUT2D eigenvalue weighted by Gasteiger charge is -2.32. The molecule has 3 aromatic rings. The monoisotopic (exact) mass is 468 g/mol. The number of nitrogens with zero attached hydrogens (tertiary/aromatic N) is 3. The number of ether oxygens (including phenoxy) is 1. The van der Waals surface area contributed by atoms with Gasteiger partial charge in [-0.3, -0.25) is 4.98 Å². The first kappa shape index (κ1) is 24.8. The van der Waals surface area contributed by atoms with Gasteiger partial charge in [-0.2, -0.15) is 0 Å². The van der Waals surface area contributed by atoms with E-state index >= 15 is 0 Å². The van der Waals surface area contributed by atoms with Crippen molar-refractivity contribution in [3.8, 4) is 16.9 Å². The molecule has 1 saturated heterocycles. The van der Waals surface area contributed by atoms with Crippen molar-refractivity contribution < 1.29 is 9.53 Å². The third-order valence-electron chi connectivity index (χ3n) is 6.06. The van der Waals surface area contributed by atoms with Crippen LogP contribution in [0, 0.1) is 6.92 Å². The van der Waals surface area contributed by atoms with Crippen LogP contribution in [0.25, 0.3) is 22.0 Å². The first-order valence-electron chi connectivity index (χ1n) is 11.3. The van der Waals surface area contributed by atoms with Crippen LogP contribution in [0.2, 0.25) is 0 Å². The number of pyridine rings is 1. The summed E-state index contributed by atoms with van der Waals surface area (Å²) in [6.45, 7) is 5.08. The van der Waals surface area contributed by atoms with Gasteiger partial charge in [0.2, 0.25) is 0 Å². The Morgan fingerprint density at radius 2 is 1.85 bits per heavy atom. The predicted octanol–water partition coefficient (Wildman–Crippen LogP) is 4.75. The topological polar surface area (TPSA) is 57.7 Å². The van der Waals surface area contributed by atoms with E-state index in [-0.39, 0.29) is 24.5 Å². The highest BCUT2D eigenvalue weighted by molar-refractivity contribution is 5.88. The van der Waals surface area contributed by atoms with E-state index in [1.54, 1.807) is 0 Å². The number of likely N-dealkylation sites (N-methyl/N-ethyl adjacent to an activating group) is 1. The smallest absolute Gasteiger partial charge is 0.317 e. The largest absolute Gasteiger partial charge is 0.490 e. The molecule has 0 radical (unpaired) electrons. The number of carbonyl (C=O) groups excluding carboxylic acids is 1. The highest BCUT2D eigenvalue weighted by Gasteiger charge is 2.23. The third-order valence-corrected chi connectivity index (χ3v) is 6.06. The SMILES string of the molecule is Cc1c(-c2ccc(OC3CCN(C(=O)NCCN(C)C)CC3)cc2)ccc2cccnc12.Cl. The van der Waals surface area contributed by atoms with Crippen LogP contribution in [0.5, 0.6) is 5.75 Å². The van der Waals surface area contributed by atoms with Crippen molar-refractivity contribution in [1.29, 1.82) is 0 Å². The average molecular weight is 469 g/mol. The number of carbonyl (C=O) groups is 1. The molecule has 176 valence electrons. The van der Waals surface area contributed by atoms with Crippen LogP contribution in [0.4, 0.5) is 4.79 Å². The van der Waals surface area contributed by atoms with Gasteiger partial charge >= 0.3 is 6.03 Å². The highest BCUT2D eigenvalue weighted by Crippen LogP contribution is 2.30. The van der Waals surface area contributed by atoms with Gasteiger partial charge in [0.15, 0.2) is 0 Å². The van der Waals surface area contributed by atoms with Gasteiger partial charge in [0.25, 0.3) is 0 Å². The van der Waals surface area contributed by atoms with Crippen molar-refractivity contribution in [2.75, 3.05) is 40.3 Å². The maximum Gasteiger partial charge on any atom is 0.317 e. The van der Waals surface area contributed by atoms with Gasteiger partial charge in [0.05, 0.1) is 5.52 Å². The number of benzene rings is 2. The molecule has 1 aliphatic heterocycles. The summed E-state index contributed by atoms with van der Waals surface area (Å²) in [5.41, 5.74) is 4.58. The number of likely N-dealkylation sites (tertiary alicyclic amines) is 1. The van der Waals surface area contributed by atoms with E-state index in [2.05, 4.69) is 52.5 Å². The van der Waals surface area contributed by atoms with Crippen LogP contribution in [-0.4, -0.2) is 67.2 Å². The van der Waals surface area contributed by atoms with Crippen LogP contribution in [0.3, 0.4) is 0 Å². The van der Waals surface area contributed by atoms with E-state index in [0.717, 1.165) is 54.7 Å². The normalized spacial score (nSPS) is 14.2. The minimum absolute atomic E-state index is 0. The summed E-state index contributed by atoms with van der Waals surface area (Å²) in [6.07, 6.45) is 3.67. The second kappa shape index (κ2) is 11.3. The fourth-order valence-corrected chi connectivity index (χ4v) is 4.18. The summed E-state index contributed by atoms with van der Waals surface area (Å²) in [5, 5.41) is 4.14. The van der Waals surface area contributed by atoms with E-state index in [9.17, 15) is 4.79 Å². The van der Waals surface area contributed by atoms with Gasteiger partial charge in [0, 0.05) is 50.6 Å². The van der Waals surface area contributed by atoms with Gasteiger partial charge in [-0.05, 0) is 55.9 Å². The summed E-state index contributed by atoms with van der Waals surface area (Å²) in [7, 11) is 4.00. The van der Waals surface area contributed by atoms with E-state index in [1.165, 1.54) is 11.1 Å². The van der Waals surface area contributed by atoms with E-state index in [0.29, 0.717) is 6.54 Å². The van der Waals surface area contributed by atoms with Crippen molar-refractivity contribution >= 4 is 29.3 Å². The zero-order chi connectivity index (χ0) is 22.5. The van der Waals surface area contributed by atoms with Crippen LogP contribution >= 0.6 is 12.4 Å². The Balaban J connectivity index is 0.00000306. The van der Waals surface area contributed by atoms with Crippen LogP contribution in [0.1, 0.15) is 18.4 Å². The molecule has 1 fully saturated rings. The van der Waals surface area contributed by atoms with Crippen molar-refractivity contribution in [1.82, 2.24) is 20.1 Å². The van der Waals surface area contributed by atoms with Crippen LogP contribution < -0.4 is 10.1 Å². The Morgan fingerprint density at radius 1 is 1.12 bits per heavy atom. The Hall–Kier alpha value is -2.83. The summed E-state index contributed by atoms with van der Waals surface area (Å²) in [5.74, 6) is 0.874. The Morgan fingerprint density at radius 3 is 2.55 bits per heavy atom. The van der Waals surface area contributed by atoms with E-state index in [1.807, 2.05) is 43.4 Å². The van der Waals surface area contributed by atoms with Gasteiger partial charge in [-0.1, -0.05) is 30.3 Å². The molecule has 0 saturated carbocycles. The second-order valence-electron chi connectivity index (χ2n) is 8.68. The number of amides is 2. The molecule has 0 bridgehead atoms. The summed E-state index contributed by atoms with van der Waals surface area (Å²) in [6, 6.07) is 16.7. The number of nitrogens with one attached hydrogen (secondary N) is 1. The molecule has 2 aromatic carbocycles. The number of hydrogen-bond acceptors (Lipinski definition) is 4. The first-order chi connectivity index (χ1) is 15.5. The number of piperidine rings is 1. The molecule has 4 rings (SSSR count). The molecule has 7 heteroatoms. The summed E-state index contributed by atoms with van der Waals surface area (Å²) in [4.78, 5) is 20.8. The first-order valence-corrected chi connectivity index (χ1v) is 11.3. The van der Waals surface area contributed by atoms with E-state index in [4.69, 9.17) is 4.74 Å². The van der Waals surface area contributed by atoms with Crippen LogP contribution in [-0.2, 0) is 0 Å². The van der Waals surface area contributed by atoms with Crippen molar-refractivity contribution in [3.63, 3.8) is 0 Å². The third kappa shape index (κ3) is 6.15. The lowest BCUT2D eigenvalue weighted by atomic mass is 9.98. The number of aryl methyl sites for hydroxylation is 1. The molecule has 0 atom stereocenters. The number of hydrogen-bond donors (Lipinski definition) is 1. The van der Waals surface area contributed by atoms with Gasteiger partial charge in [-0.15, -0.1) is 12.4 Å². The molecular weight excluding hydrogens is 436 g/mol. The summed E-state index contributed by atoms with van der Waals surface area (Å²) < 4.78 is 6.21. The van der Waals surface area contributed by atoms with Crippen molar-refractivity contribution in [2.24, 2.45) is 0 Å². The number of urea groups is 1. The molecule has 0 spiro atoms. The van der Waals surface area contributed by atoms with Gasteiger partial charge in [-0.25, -0.2) is 4.79 Å². The number of aromatic nitrogens is 1. The standard InChI is InChI=1S/C26H32N4O2.ClH/c1-19-24(11-8-21-5-4-14-27-25(19)21)20-6-9-22(10-7-20)32-23-12-16-30(17-13-23)26(31)28-15-18-29(2)3;/h4-11,14,23H,12-13,15-18H2,1-3H3,(H,28,31);1H. The quantitative estimate of drug-likeness (QED) is 0.567. The molecule has 1 aromatic heterocycles. The van der Waals surface area contributed by atoms with Crippen LogP contribution in [0.15, 0.2) is 54.7 Å². The number of halogens is 1. The Bertz CT molecular complexity index is 1060. The molecular formula is C26H33ClN4O2. The predicted molar refractivity (Wildman–Crippen MR) is 136 cm³/mol. The molecule has 1 aliphatic rings. The zero-order valence-corrected chi connectivity index (χ0v) is 20.4. The molecule has 0 unspecified atom stereocenters. The zero-order valence-electron chi connectivity index (χ0n) is 19.6. The minimum Gasteiger partial charge on any atom is -0.490 e. The fraction of sp³-hybridized carbons (Fsp3) is 0.385. The van der Waals surface area contributed by atoms with E-state index < -0.39 is 0 Å². The molecule has 6 nitrogen and oxygen atoms in total. The molecule has 2 heterocycles. The highest BCUT2D eigenvalue weighted by atomic mass is 35.5. The molecule has 2 amide bonds. The minimum atomic E-state index is 0. The molecule has 0 aliphatic carbocycles. The van der Waals surface area contributed by atoms with Crippen molar-refractivity contribution in [2.45, 2.75) is 25.9 Å². The number of rotatable bonds is 6. The average Bonchev–Trinajstić information content (AvgIpc) is 2.80. The lowest BCUT2D eigenvalue weighted by molar-refractivity contribution is 0.111. The lowest BCUT2D eigenvalue weighted by Crippen LogP contribution is -2.47. The van der Waals surface area contributed by atoms with Gasteiger partial charge in [0.1, 0.15) is 11.9 Å². The Kier molecular flexibility index (Phi) is 8.53. The number of fused-ring (bicyclic) bond motifs is 1. The van der Waals surface area contributed by atoms with Crippen molar-refractivity contribution in [3.05, 3.63) is 60.3 Å². The maximum absolute atomic E-state index is 12.3. The molecule has 33 heavy (non-hydrogen) atoms. The second-order valence-corrected chi connectivity index (χ2v) is 8.68. The Labute approximate surface area is 202 Å².